The minimum absolute atomic E-state index is 0.00727. The Morgan fingerprint density at radius 2 is 1.75 bits per heavy atom. The number of para-hydroxylation sites is 1. The van der Waals surface area contributed by atoms with Crippen LogP contribution in [0.15, 0.2) is 42.5 Å². The van der Waals surface area contributed by atoms with Gasteiger partial charge in [0.25, 0.3) is 5.91 Å². The first-order valence-corrected chi connectivity index (χ1v) is 6.37. The van der Waals surface area contributed by atoms with E-state index in [9.17, 15) is 4.79 Å². The lowest BCUT2D eigenvalue weighted by atomic mass is 10.1. The van der Waals surface area contributed by atoms with Crippen LogP contribution in [0.5, 0.6) is 11.5 Å². The molecule has 0 spiro atoms. The van der Waals surface area contributed by atoms with Gasteiger partial charge in [0.05, 0.1) is 20.8 Å². The minimum Gasteiger partial charge on any atom is -0.493 e. The van der Waals surface area contributed by atoms with Crippen molar-refractivity contribution in [3.63, 3.8) is 0 Å². The van der Waals surface area contributed by atoms with Crippen molar-refractivity contribution in [1.82, 2.24) is 0 Å². The van der Waals surface area contributed by atoms with Crippen LogP contribution >= 0.6 is 0 Å². The first-order chi connectivity index (χ1) is 9.76. The summed E-state index contributed by atoms with van der Waals surface area (Å²) in [5, 5.41) is 0. The van der Waals surface area contributed by atoms with Crippen LogP contribution in [0, 0.1) is 0 Å². The van der Waals surface area contributed by atoms with Crippen LogP contribution in [0.25, 0.3) is 0 Å². The maximum atomic E-state index is 12.5. The lowest BCUT2D eigenvalue weighted by molar-refractivity contribution is 0.0996. The third-order valence-electron chi connectivity index (χ3n) is 3.51. The van der Waals surface area contributed by atoms with Crippen molar-refractivity contribution in [1.29, 1.82) is 0 Å². The van der Waals surface area contributed by atoms with Gasteiger partial charge in [0.2, 0.25) is 0 Å². The third kappa shape index (κ3) is 1.81. The predicted octanol–water partition coefficient (Wildman–Crippen LogP) is 2.86. The Bertz CT molecular complexity index is 652. The number of nitrogens with zero attached hydrogens (tertiary/aromatic N) is 1. The molecule has 102 valence electrons. The second-order valence-corrected chi connectivity index (χ2v) is 4.55. The van der Waals surface area contributed by atoms with E-state index >= 15 is 0 Å². The van der Waals surface area contributed by atoms with E-state index in [1.807, 2.05) is 30.3 Å². The Morgan fingerprint density at radius 3 is 2.40 bits per heavy atom. The number of amides is 1. The van der Waals surface area contributed by atoms with Crippen molar-refractivity contribution in [3.05, 3.63) is 53.6 Å². The molecule has 1 aliphatic heterocycles. The van der Waals surface area contributed by atoms with Gasteiger partial charge in [0, 0.05) is 16.8 Å². The first-order valence-electron chi connectivity index (χ1n) is 6.37. The third-order valence-corrected chi connectivity index (χ3v) is 3.51. The van der Waals surface area contributed by atoms with Crippen molar-refractivity contribution in [2.75, 3.05) is 19.1 Å². The molecule has 2 aromatic rings. The minimum atomic E-state index is -0.00727. The maximum Gasteiger partial charge on any atom is 0.259 e. The second-order valence-electron chi connectivity index (χ2n) is 4.55. The number of hydrogen-bond acceptors (Lipinski definition) is 3. The van der Waals surface area contributed by atoms with Crippen molar-refractivity contribution >= 4 is 11.6 Å². The standard InChI is InChI=1S/C16H15NO3/c1-19-14-9-8-12-13(15(14)20-2)10-17(16(12)18)11-6-4-3-5-7-11/h3-9H,10H2,1-2H3. The van der Waals surface area contributed by atoms with Gasteiger partial charge in [-0.15, -0.1) is 0 Å². The highest BCUT2D eigenvalue weighted by Crippen LogP contribution is 2.39. The Kier molecular flexibility index (Phi) is 3.06. The smallest absolute Gasteiger partial charge is 0.259 e. The number of fused-ring (bicyclic) bond motifs is 1. The van der Waals surface area contributed by atoms with Crippen molar-refractivity contribution in [2.24, 2.45) is 0 Å². The molecule has 4 heteroatoms. The Hall–Kier alpha value is -2.49. The molecule has 4 nitrogen and oxygen atoms in total. The number of anilines is 1. The average molecular weight is 269 g/mol. The molecule has 0 N–H and O–H groups in total. The summed E-state index contributed by atoms with van der Waals surface area (Å²) >= 11 is 0. The molecule has 1 aliphatic rings. The molecule has 1 heterocycles. The molecule has 0 saturated carbocycles. The van der Waals surface area contributed by atoms with Gasteiger partial charge in [-0.25, -0.2) is 0 Å². The zero-order valence-corrected chi connectivity index (χ0v) is 11.4. The summed E-state index contributed by atoms with van der Waals surface area (Å²) in [6.45, 7) is 0.499. The lowest BCUT2D eigenvalue weighted by Crippen LogP contribution is -2.22. The van der Waals surface area contributed by atoms with E-state index in [-0.39, 0.29) is 5.91 Å². The van der Waals surface area contributed by atoms with Crippen LogP contribution in [0.3, 0.4) is 0 Å². The van der Waals surface area contributed by atoms with Gasteiger partial charge < -0.3 is 14.4 Å². The molecule has 0 radical (unpaired) electrons. The fourth-order valence-electron chi connectivity index (χ4n) is 2.54. The van der Waals surface area contributed by atoms with Gasteiger partial charge in [-0.05, 0) is 24.3 Å². The van der Waals surface area contributed by atoms with Crippen molar-refractivity contribution in [3.8, 4) is 11.5 Å². The number of carbonyl (C=O) groups is 1. The summed E-state index contributed by atoms with van der Waals surface area (Å²) in [6, 6.07) is 13.2. The van der Waals surface area contributed by atoms with E-state index in [2.05, 4.69) is 0 Å². The lowest BCUT2D eigenvalue weighted by Gasteiger charge is -2.15. The van der Waals surface area contributed by atoms with Crippen LogP contribution < -0.4 is 14.4 Å². The molecular formula is C16H15NO3. The van der Waals surface area contributed by atoms with Gasteiger partial charge in [0.15, 0.2) is 11.5 Å². The summed E-state index contributed by atoms with van der Waals surface area (Å²) in [6.07, 6.45) is 0. The van der Waals surface area contributed by atoms with Crippen LogP contribution in [0.4, 0.5) is 5.69 Å². The fraction of sp³-hybridized carbons (Fsp3) is 0.188. The van der Waals surface area contributed by atoms with Crippen LogP contribution in [0.2, 0.25) is 0 Å². The van der Waals surface area contributed by atoms with Gasteiger partial charge in [0.1, 0.15) is 0 Å². The van der Waals surface area contributed by atoms with Crippen LogP contribution in [-0.4, -0.2) is 20.1 Å². The van der Waals surface area contributed by atoms with Gasteiger partial charge in [-0.3, -0.25) is 4.79 Å². The normalized spacial score (nSPS) is 13.3. The fourth-order valence-corrected chi connectivity index (χ4v) is 2.54. The molecule has 0 unspecified atom stereocenters. The van der Waals surface area contributed by atoms with E-state index < -0.39 is 0 Å². The Balaban J connectivity index is 2.06. The number of ether oxygens (including phenoxy) is 2. The number of rotatable bonds is 3. The summed E-state index contributed by atoms with van der Waals surface area (Å²) in [5.74, 6) is 1.28. The Morgan fingerprint density at radius 1 is 1.00 bits per heavy atom. The molecule has 1 amide bonds. The first kappa shape index (κ1) is 12.5. The van der Waals surface area contributed by atoms with Crippen LogP contribution in [0.1, 0.15) is 15.9 Å². The van der Waals surface area contributed by atoms with E-state index in [1.54, 1.807) is 31.3 Å². The topological polar surface area (TPSA) is 38.8 Å². The predicted molar refractivity (Wildman–Crippen MR) is 76.5 cm³/mol. The molecule has 3 rings (SSSR count). The highest BCUT2D eigenvalue weighted by atomic mass is 16.5. The molecule has 0 aromatic heterocycles. The summed E-state index contributed by atoms with van der Waals surface area (Å²) in [4.78, 5) is 14.2. The van der Waals surface area contributed by atoms with Gasteiger partial charge >= 0.3 is 0 Å². The molecule has 0 aliphatic carbocycles. The summed E-state index contributed by atoms with van der Waals surface area (Å²) in [5.41, 5.74) is 2.43. The monoisotopic (exact) mass is 269 g/mol. The SMILES string of the molecule is COc1ccc2c(c1OC)CN(c1ccccc1)C2=O. The molecule has 0 atom stereocenters. The number of benzene rings is 2. The molecular weight excluding hydrogens is 254 g/mol. The van der Waals surface area contributed by atoms with Gasteiger partial charge in [-0.2, -0.15) is 0 Å². The highest BCUT2D eigenvalue weighted by Gasteiger charge is 2.32. The maximum absolute atomic E-state index is 12.5. The van der Waals surface area contributed by atoms with Gasteiger partial charge in [-0.1, -0.05) is 18.2 Å². The Labute approximate surface area is 117 Å². The molecule has 0 fully saturated rings. The molecule has 2 aromatic carbocycles. The molecule has 0 bridgehead atoms. The average Bonchev–Trinajstić information content (AvgIpc) is 2.84. The zero-order valence-electron chi connectivity index (χ0n) is 11.4. The molecule has 20 heavy (non-hydrogen) atoms. The number of methoxy groups -OCH3 is 2. The number of hydrogen-bond donors (Lipinski definition) is 0. The van der Waals surface area contributed by atoms with E-state index in [0.717, 1.165) is 11.3 Å². The molecule has 0 saturated heterocycles. The van der Waals surface area contributed by atoms with E-state index in [1.165, 1.54) is 0 Å². The second kappa shape index (κ2) is 4.89. The van der Waals surface area contributed by atoms with E-state index in [0.29, 0.717) is 23.6 Å². The largest absolute Gasteiger partial charge is 0.493 e. The zero-order chi connectivity index (χ0) is 14.1. The van der Waals surface area contributed by atoms with Crippen molar-refractivity contribution < 1.29 is 14.3 Å². The summed E-state index contributed by atoms with van der Waals surface area (Å²) in [7, 11) is 3.18. The highest BCUT2D eigenvalue weighted by molar-refractivity contribution is 6.10. The number of carbonyl (C=O) groups excluding carboxylic acids is 1. The van der Waals surface area contributed by atoms with Crippen LogP contribution in [-0.2, 0) is 6.54 Å². The van der Waals surface area contributed by atoms with E-state index in [4.69, 9.17) is 9.47 Å². The van der Waals surface area contributed by atoms with Crippen molar-refractivity contribution in [2.45, 2.75) is 6.54 Å². The summed E-state index contributed by atoms with van der Waals surface area (Å²) < 4.78 is 10.7. The quantitative estimate of drug-likeness (QED) is 0.860.